The molecule has 12 heteroatoms. The highest BCUT2D eigenvalue weighted by molar-refractivity contribution is 6.76. The van der Waals surface area contributed by atoms with Gasteiger partial charge in [0.15, 0.2) is 11.6 Å². The van der Waals surface area contributed by atoms with Crippen LogP contribution in [0.1, 0.15) is 75.3 Å². The van der Waals surface area contributed by atoms with Gasteiger partial charge in [-0.3, -0.25) is 9.78 Å². The normalized spacial score (nSPS) is 18.3. The quantitative estimate of drug-likeness (QED) is 0.138. The lowest BCUT2D eigenvalue weighted by molar-refractivity contribution is 0.0487. The summed E-state index contributed by atoms with van der Waals surface area (Å²) in [6.45, 7) is 15.7. The lowest BCUT2D eigenvalue weighted by Gasteiger charge is -2.30. The van der Waals surface area contributed by atoms with E-state index in [-0.39, 0.29) is 30.5 Å². The van der Waals surface area contributed by atoms with Crippen molar-refractivity contribution in [3.63, 3.8) is 0 Å². The number of pyridine rings is 1. The van der Waals surface area contributed by atoms with Gasteiger partial charge < -0.3 is 34.1 Å². The van der Waals surface area contributed by atoms with Crippen LogP contribution in [0.4, 0.5) is 9.18 Å². The van der Waals surface area contributed by atoms with Gasteiger partial charge >= 0.3 is 6.09 Å². The molecule has 0 saturated heterocycles. The van der Waals surface area contributed by atoms with Crippen molar-refractivity contribution in [1.29, 1.82) is 0 Å². The maximum absolute atomic E-state index is 15.3. The molecule has 0 spiro atoms. The van der Waals surface area contributed by atoms with Gasteiger partial charge in [0.05, 0.1) is 24.8 Å². The van der Waals surface area contributed by atoms with Crippen LogP contribution in [0.2, 0.25) is 25.7 Å². The maximum Gasteiger partial charge on any atom is 0.407 e. The summed E-state index contributed by atoms with van der Waals surface area (Å²) in [6.07, 6.45) is 6.36. The van der Waals surface area contributed by atoms with Crippen LogP contribution in [0.5, 0.6) is 11.5 Å². The van der Waals surface area contributed by atoms with Gasteiger partial charge in [0.25, 0.3) is 5.91 Å². The first kappa shape index (κ1) is 36.6. The number of halogens is 1. The number of alkyl carbamates (subject to hydrolysis) is 1. The Labute approximate surface area is 290 Å². The van der Waals surface area contributed by atoms with E-state index in [9.17, 15) is 9.59 Å². The summed E-state index contributed by atoms with van der Waals surface area (Å²) in [5.74, 6) is 0.396. The summed E-state index contributed by atoms with van der Waals surface area (Å²) in [5, 5.41) is 6.21. The molecule has 0 atom stereocenters. The van der Waals surface area contributed by atoms with Crippen molar-refractivity contribution >= 4 is 31.1 Å². The zero-order valence-electron chi connectivity index (χ0n) is 30.3. The highest BCUT2D eigenvalue weighted by Crippen LogP contribution is 2.41. The standard InChI is InChI=1S/C37H53FN4O6Si/c1-23-32(35(43)40-25-11-13-26(14-12-25)41-36(44)48-37(2,3)4)33-34(42(23)22-46-17-18-49(6,7)8)27(15-16-39-33)28-19-29(38)31(45-5)20-30(28)47-21-24-9-10-24/h15-16,19-20,24-26H,9-14,17-18,21-22H2,1-8H3,(H,40,43)(H,41,44). The SMILES string of the molecule is COc1cc(OCC2CC2)c(-c2ccnc3c(C(=O)NC4CCC(NC(=O)OC(C)(C)C)CC4)c(C)n(COCC[Si](C)(C)C)c23)cc1F. The summed E-state index contributed by atoms with van der Waals surface area (Å²) in [5.41, 5.74) is 3.09. The molecule has 1 aromatic carbocycles. The number of carbonyl (C=O) groups is 2. The number of amides is 2. The van der Waals surface area contributed by atoms with E-state index in [1.54, 1.807) is 12.3 Å². The molecule has 2 fully saturated rings. The van der Waals surface area contributed by atoms with Gasteiger partial charge in [0.2, 0.25) is 0 Å². The van der Waals surface area contributed by atoms with E-state index in [0.29, 0.717) is 52.6 Å². The highest BCUT2D eigenvalue weighted by atomic mass is 28.3. The minimum Gasteiger partial charge on any atom is -0.494 e. The molecule has 0 aliphatic heterocycles. The molecule has 10 nitrogen and oxygen atoms in total. The van der Waals surface area contributed by atoms with Crippen molar-refractivity contribution in [2.45, 2.75) is 116 Å². The molecule has 2 amide bonds. The number of carbonyl (C=O) groups excluding carboxylic acids is 2. The largest absolute Gasteiger partial charge is 0.494 e. The van der Waals surface area contributed by atoms with Gasteiger partial charge in [0.1, 0.15) is 23.6 Å². The first-order valence-electron chi connectivity index (χ1n) is 17.5. The summed E-state index contributed by atoms with van der Waals surface area (Å²) in [6, 6.07) is 5.81. The van der Waals surface area contributed by atoms with Crippen LogP contribution in [-0.2, 0) is 16.2 Å². The van der Waals surface area contributed by atoms with Crippen molar-refractivity contribution in [3.8, 4) is 22.6 Å². The summed E-state index contributed by atoms with van der Waals surface area (Å²) in [4.78, 5) is 31.1. The van der Waals surface area contributed by atoms with Gasteiger partial charge in [-0.1, -0.05) is 19.6 Å². The molecule has 2 heterocycles. The lowest BCUT2D eigenvalue weighted by Crippen LogP contribution is -2.45. The Hall–Kier alpha value is -3.64. The monoisotopic (exact) mass is 696 g/mol. The van der Waals surface area contributed by atoms with Gasteiger partial charge in [0, 0.05) is 55.8 Å². The summed E-state index contributed by atoms with van der Waals surface area (Å²) in [7, 11) is 0.103. The second-order valence-electron chi connectivity index (χ2n) is 15.7. The van der Waals surface area contributed by atoms with E-state index in [0.717, 1.165) is 50.3 Å². The number of nitrogens with one attached hydrogen (secondary N) is 2. The van der Waals surface area contributed by atoms with Crippen molar-refractivity contribution in [1.82, 2.24) is 20.2 Å². The Morgan fingerprint density at radius 1 is 1.00 bits per heavy atom. The predicted octanol–water partition coefficient (Wildman–Crippen LogP) is 7.83. The van der Waals surface area contributed by atoms with Gasteiger partial charge in [-0.2, -0.15) is 0 Å². The fourth-order valence-electron chi connectivity index (χ4n) is 6.20. The number of rotatable bonds is 13. The third-order valence-corrected chi connectivity index (χ3v) is 10.8. The van der Waals surface area contributed by atoms with Crippen LogP contribution in [0, 0.1) is 18.7 Å². The lowest BCUT2D eigenvalue weighted by atomic mass is 9.91. The predicted molar refractivity (Wildman–Crippen MR) is 192 cm³/mol. The molecular weight excluding hydrogens is 644 g/mol. The molecular formula is C37H53FN4O6Si. The molecule has 2 aliphatic rings. The molecule has 2 N–H and O–H groups in total. The van der Waals surface area contributed by atoms with Crippen LogP contribution < -0.4 is 20.1 Å². The molecule has 0 unspecified atom stereocenters. The Morgan fingerprint density at radius 3 is 2.29 bits per heavy atom. The van der Waals surface area contributed by atoms with Crippen LogP contribution in [-0.4, -0.2) is 67.6 Å². The molecule has 268 valence electrons. The third kappa shape index (κ3) is 9.54. The zero-order valence-corrected chi connectivity index (χ0v) is 31.3. The van der Waals surface area contributed by atoms with E-state index in [2.05, 4.69) is 30.3 Å². The van der Waals surface area contributed by atoms with Crippen molar-refractivity contribution in [3.05, 3.63) is 41.5 Å². The van der Waals surface area contributed by atoms with E-state index in [1.807, 2.05) is 38.3 Å². The summed E-state index contributed by atoms with van der Waals surface area (Å²) < 4.78 is 40.5. The molecule has 2 aliphatic carbocycles. The fraction of sp³-hybridized carbons (Fsp3) is 0.595. The Kier molecular flexibility index (Phi) is 11.3. The average Bonchev–Trinajstić information content (AvgIpc) is 3.80. The summed E-state index contributed by atoms with van der Waals surface area (Å²) >= 11 is 0. The highest BCUT2D eigenvalue weighted by Gasteiger charge is 2.30. The van der Waals surface area contributed by atoms with Crippen LogP contribution >= 0.6 is 0 Å². The number of hydrogen-bond donors (Lipinski definition) is 2. The molecule has 49 heavy (non-hydrogen) atoms. The van der Waals surface area contributed by atoms with Gasteiger partial charge in [-0.25, -0.2) is 9.18 Å². The topological polar surface area (TPSA) is 113 Å². The van der Waals surface area contributed by atoms with Crippen molar-refractivity contribution < 1.29 is 32.9 Å². The van der Waals surface area contributed by atoms with E-state index in [4.69, 9.17) is 23.9 Å². The molecule has 2 saturated carbocycles. The fourth-order valence-corrected chi connectivity index (χ4v) is 6.95. The number of methoxy groups -OCH3 is 1. The second kappa shape index (κ2) is 15.1. The minimum absolute atomic E-state index is 0.00888. The van der Waals surface area contributed by atoms with Gasteiger partial charge in [-0.15, -0.1) is 0 Å². The molecule has 3 aromatic rings. The number of hydrogen-bond acceptors (Lipinski definition) is 7. The molecule has 2 aromatic heterocycles. The van der Waals surface area contributed by atoms with Crippen molar-refractivity contribution in [2.24, 2.45) is 5.92 Å². The third-order valence-electron chi connectivity index (χ3n) is 9.14. The number of aromatic nitrogens is 2. The number of ether oxygens (including phenoxy) is 4. The first-order chi connectivity index (χ1) is 23.1. The Morgan fingerprint density at radius 2 is 1.67 bits per heavy atom. The van der Waals surface area contributed by atoms with E-state index < -0.39 is 25.6 Å². The van der Waals surface area contributed by atoms with E-state index in [1.165, 1.54) is 13.2 Å². The van der Waals surface area contributed by atoms with E-state index >= 15 is 4.39 Å². The number of fused-ring (bicyclic) bond motifs is 1. The Balaban J connectivity index is 1.45. The zero-order chi connectivity index (χ0) is 35.5. The number of benzene rings is 1. The second-order valence-corrected chi connectivity index (χ2v) is 21.3. The first-order valence-corrected chi connectivity index (χ1v) is 21.2. The smallest absolute Gasteiger partial charge is 0.407 e. The maximum atomic E-state index is 15.3. The van der Waals surface area contributed by atoms with Crippen molar-refractivity contribution in [2.75, 3.05) is 20.3 Å². The number of nitrogens with zero attached hydrogens (tertiary/aromatic N) is 2. The average molecular weight is 697 g/mol. The van der Waals surface area contributed by atoms with Crippen LogP contribution in [0.25, 0.3) is 22.2 Å². The van der Waals surface area contributed by atoms with Crippen LogP contribution in [0.3, 0.4) is 0 Å². The Bertz CT molecular complexity index is 1650. The molecule has 0 radical (unpaired) electrons. The molecule has 5 rings (SSSR count). The van der Waals surface area contributed by atoms with Gasteiger partial charge in [-0.05, 0) is 90.3 Å². The molecule has 0 bridgehead atoms. The van der Waals surface area contributed by atoms with Crippen LogP contribution in [0.15, 0.2) is 24.4 Å². The minimum atomic E-state index is -1.34.